The van der Waals surface area contributed by atoms with Crippen LogP contribution in [0.2, 0.25) is 0 Å². The minimum absolute atomic E-state index is 0.269. The van der Waals surface area contributed by atoms with Gasteiger partial charge in [0.25, 0.3) is 0 Å². The Balaban J connectivity index is 2.46. The summed E-state index contributed by atoms with van der Waals surface area (Å²) in [5.41, 5.74) is 1.20. The highest BCUT2D eigenvalue weighted by atomic mass is 32.2. The summed E-state index contributed by atoms with van der Waals surface area (Å²) in [4.78, 5) is 10.6. The zero-order valence-electron chi connectivity index (χ0n) is 10.0. The SMILES string of the molecule is CCCCCS(=O)Cc1ccc(C(=O)O)cc1. The molecule has 3 nitrogen and oxygen atoms in total. The smallest absolute Gasteiger partial charge is 0.335 e. The van der Waals surface area contributed by atoms with Gasteiger partial charge in [0.2, 0.25) is 0 Å². The van der Waals surface area contributed by atoms with E-state index in [1.807, 2.05) is 0 Å². The van der Waals surface area contributed by atoms with Crippen LogP contribution in [0.5, 0.6) is 0 Å². The third kappa shape index (κ3) is 5.13. The van der Waals surface area contributed by atoms with Gasteiger partial charge in [-0.3, -0.25) is 4.21 Å². The van der Waals surface area contributed by atoms with Crippen molar-refractivity contribution in [2.75, 3.05) is 5.75 Å². The van der Waals surface area contributed by atoms with E-state index in [-0.39, 0.29) is 5.56 Å². The molecule has 1 rings (SSSR count). The van der Waals surface area contributed by atoms with Crippen molar-refractivity contribution in [3.8, 4) is 0 Å². The fourth-order valence-corrected chi connectivity index (χ4v) is 2.75. The van der Waals surface area contributed by atoms with Gasteiger partial charge in [0.15, 0.2) is 0 Å². The lowest BCUT2D eigenvalue weighted by atomic mass is 10.1. The summed E-state index contributed by atoms with van der Waals surface area (Å²) in [5, 5.41) is 8.74. The molecule has 0 aliphatic heterocycles. The quantitative estimate of drug-likeness (QED) is 0.761. The van der Waals surface area contributed by atoms with Crippen molar-refractivity contribution in [2.24, 2.45) is 0 Å². The Morgan fingerprint density at radius 1 is 1.24 bits per heavy atom. The van der Waals surface area contributed by atoms with Crippen LogP contribution in [0.25, 0.3) is 0 Å². The molecule has 0 bridgehead atoms. The van der Waals surface area contributed by atoms with Gasteiger partial charge in [-0.25, -0.2) is 4.79 Å². The largest absolute Gasteiger partial charge is 0.478 e. The Labute approximate surface area is 104 Å². The summed E-state index contributed by atoms with van der Waals surface area (Å²) >= 11 is 0. The van der Waals surface area contributed by atoms with E-state index >= 15 is 0 Å². The normalized spacial score (nSPS) is 12.3. The molecule has 0 aromatic heterocycles. The van der Waals surface area contributed by atoms with Crippen LogP contribution in [0.4, 0.5) is 0 Å². The first kappa shape index (κ1) is 13.9. The molecule has 0 amide bonds. The molecule has 0 saturated carbocycles. The molecule has 0 heterocycles. The molecule has 0 fully saturated rings. The number of carboxylic acids is 1. The van der Waals surface area contributed by atoms with Crippen molar-refractivity contribution < 1.29 is 14.1 Å². The number of unbranched alkanes of at least 4 members (excludes halogenated alkanes) is 2. The number of hydrogen-bond donors (Lipinski definition) is 1. The van der Waals surface area contributed by atoms with Crippen molar-refractivity contribution >= 4 is 16.8 Å². The van der Waals surface area contributed by atoms with Gasteiger partial charge >= 0.3 is 5.97 Å². The van der Waals surface area contributed by atoms with Gasteiger partial charge < -0.3 is 5.11 Å². The standard InChI is InChI=1S/C13H18O3S/c1-2-3-4-9-17(16)10-11-5-7-12(8-6-11)13(14)15/h5-8H,2-4,9-10H2,1H3,(H,14,15). The number of carbonyl (C=O) groups is 1. The second kappa shape index (κ2) is 7.22. The zero-order chi connectivity index (χ0) is 12.7. The first-order valence-corrected chi connectivity index (χ1v) is 7.29. The van der Waals surface area contributed by atoms with Gasteiger partial charge in [0.1, 0.15) is 0 Å². The molecule has 1 N–H and O–H groups in total. The first-order chi connectivity index (χ1) is 8.13. The van der Waals surface area contributed by atoms with Gasteiger partial charge in [-0.2, -0.15) is 0 Å². The van der Waals surface area contributed by atoms with Crippen LogP contribution in [-0.4, -0.2) is 21.0 Å². The van der Waals surface area contributed by atoms with Crippen molar-refractivity contribution in [1.29, 1.82) is 0 Å². The molecule has 0 spiro atoms. The van der Waals surface area contributed by atoms with Gasteiger partial charge in [-0.05, 0) is 24.1 Å². The maximum Gasteiger partial charge on any atom is 0.335 e. The van der Waals surface area contributed by atoms with Crippen LogP contribution in [0.15, 0.2) is 24.3 Å². The zero-order valence-corrected chi connectivity index (χ0v) is 10.8. The first-order valence-electron chi connectivity index (χ1n) is 5.80. The van der Waals surface area contributed by atoms with Crippen LogP contribution in [0.3, 0.4) is 0 Å². The van der Waals surface area contributed by atoms with E-state index in [1.165, 1.54) is 0 Å². The minimum Gasteiger partial charge on any atom is -0.478 e. The molecule has 1 atom stereocenters. The van der Waals surface area contributed by atoms with Crippen molar-refractivity contribution in [1.82, 2.24) is 0 Å². The third-order valence-electron chi connectivity index (χ3n) is 2.50. The maximum absolute atomic E-state index is 11.7. The molecule has 0 aliphatic carbocycles. The number of aromatic carboxylic acids is 1. The summed E-state index contributed by atoms with van der Waals surface area (Å²) in [6.45, 7) is 2.12. The lowest BCUT2D eigenvalue weighted by molar-refractivity contribution is 0.0697. The Morgan fingerprint density at radius 3 is 2.41 bits per heavy atom. The van der Waals surface area contributed by atoms with Crippen LogP contribution in [0.1, 0.15) is 42.1 Å². The van der Waals surface area contributed by atoms with E-state index in [2.05, 4.69) is 6.92 Å². The van der Waals surface area contributed by atoms with E-state index < -0.39 is 16.8 Å². The lowest BCUT2D eigenvalue weighted by Gasteiger charge is -2.03. The fourth-order valence-electron chi connectivity index (χ4n) is 1.51. The van der Waals surface area contributed by atoms with Gasteiger partial charge in [0, 0.05) is 22.3 Å². The van der Waals surface area contributed by atoms with Gasteiger partial charge in [-0.15, -0.1) is 0 Å². The van der Waals surface area contributed by atoms with Crippen molar-refractivity contribution in [3.63, 3.8) is 0 Å². The van der Waals surface area contributed by atoms with Crippen molar-refractivity contribution in [2.45, 2.75) is 31.9 Å². The molecular weight excluding hydrogens is 236 g/mol. The molecule has 0 saturated heterocycles. The van der Waals surface area contributed by atoms with E-state index in [1.54, 1.807) is 24.3 Å². The van der Waals surface area contributed by atoms with Crippen molar-refractivity contribution in [3.05, 3.63) is 35.4 Å². The number of rotatable bonds is 7. The highest BCUT2D eigenvalue weighted by Crippen LogP contribution is 2.08. The van der Waals surface area contributed by atoms with Crippen LogP contribution >= 0.6 is 0 Å². The maximum atomic E-state index is 11.7. The van der Waals surface area contributed by atoms with E-state index in [4.69, 9.17) is 5.11 Å². The predicted octanol–water partition coefficient (Wildman–Crippen LogP) is 2.82. The second-order valence-corrected chi connectivity index (χ2v) is 5.57. The van der Waals surface area contributed by atoms with E-state index in [9.17, 15) is 9.00 Å². The van der Waals surface area contributed by atoms with Crippen LogP contribution in [-0.2, 0) is 16.6 Å². The molecule has 94 valence electrons. The topological polar surface area (TPSA) is 54.4 Å². The summed E-state index contributed by atoms with van der Waals surface area (Å²) in [6.07, 6.45) is 3.24. The van der Waals surface area contributed by atoms with Gasteiger partial charge in [-0.1, -0.05) is 31.9 Å². The monoisotopic (exact) mass is 254 g/mol. The Bertz CT molecular complexity index is 384. The second-order valence-electron chi connectivity index (χ2n) is 4.00. The van der Waals surface area contributed by atoms with E-state index in [0.717, 1.165) is 30.6 Å². The number of carboxylic acid groups (broad SMARTS) is 1. The molecular formula is C13H18O3S. The molecule has 0 aliphatic rings. The average molecular weight is 254 g/mol. The number of benzene rings is 1. The summed E-state index contributed by atoms with van der Waals surface area (Å²) in [6, 6.07) is 6.59. The molecule has 1 aromatic rings. The average Bonchev–Trinajstić information content (AvgIpc) is 2.30. The minimum atomic E-state index is -0.930. The molecule has 4 heteroatoms. The Morgan fingerprint density at radius 2 is 1.88 bits per heavy atom. The third-order valence-corrected chi connectivity index (χ3v) is 3.90. The molecule has 17 heavy (non-hydrogen) atoms. The molecule has 0 radical (unpaired) electrons. The lowest BCUT2D eigenvalue weighted by Crippen LogP contribution is -2.02. The summed E-state index contributed by atoms with van der Waals surface area (Å²) < 4.78 is 11.7. The summed E-state index contributed by atoms with van der Waals surface area (Å²) in [7, 11) is -0.837. The van der Waals surface area contributed by atoms with Crippen LogP contribution < -0.4 is 0 Å². The Kier molecular flexibility index (Phi) is 5.91. The molecule has 1 unspecified atom stereocenters. The summed E-state index contributed by atoms with van der Waals surface area (Å²) in [5.74, 6) is 0.318. The fraction of sp³-hybridized carbons (Fsp3) is 0.462. The highest BCUT2D eigenvalue weighted by Gasteiger charge is 2.04. The van der Waals surface area contributed by atoms with Crippen LogP contribution in [0, 0.1) is 0 Å². The van der Waals surface area contributed by atoms with E-state index in [0.29, 0.717) is 5.75 Å². The Hall–Kier alpha value is -1.16. The predicted molar refractivity (Wildman–Crippen MR) is 69.6 cm³/mol. The van der Waals surface area contributed by atoms with Gasteiger partial charge in [0.05, 0.1) is 5.56 Å². The highest BCUT2D eigenvalue weighted by molar-refractivity contribution is 7.84. The molecule has 1 aromatic carbocycles. The number of hydrogen-bond acceptors (Lipinski definition) is 2.